The third kappa shape index (κ3) is 0.995. The Hall–Kier alpha value is -1.32. The summed E-state index contributed by atoms with van der Waals surface area (Å²) in [5, 5.41) is 1.58. The first-order valence-corrected chi connectivity index (χ1v) is 3.86. The van der Waals surface area contributed by atoms with Crippen molar-refractivity contribution in [2.75, 3.05) is 5.01 Å². The Morgan fingerprint density at radius 3 is 2.75 bits per heavy atom. The summed E-state index contributed by atoms with van der Waals surface area (Å²) >= 11 is 0. The lowest BCUT2D eigenvalue weighted by Gasteiger charge is -2.24. The quantitative estimate of drug-likeness (QED) is 0.556. The lowest BCUT2D eigenvalue weighted by Crippen LogP contribution is -2.30. The summed E-state index contributed by atoms with van der Waals surface area (Å²) in [4.78, 5) is 0. The zero-order valence-corrected chi connectivity index (χ0v) is 6.64. The van der Waals surface area contributed by atoms with Crippen LogP contribution in [-0.2, 0) is 0 Å². The fourth-order valence-electron chi connectivity index (χ4n) is 1.37. The smallest absolute Gasteiger partial charge is 0.0619 e. The molecule has 0 fully saturated rings. The molecule has 4 N–H and O–H groups in total. The van der Waals surface area contributed by atoms with Gasteiger partial charge in [0.1, 0.15) is 0 Å². The normalized spacial score (nSPS) is 20.8. The zero-order valence-electron chi connectivity index (χ0n) is 6.64. The highest BCUT2D eigenvalue weighted by atomic mass is 15.4. The van der Waals surface area contributed by atoms with E-state index < -0.39 is 0 Å². The van der Waals surface area contributed by atoms with Gasteiger partial charge >= 0.3 is 0 Å². The minimum Gasteiger partial charge on any atom is -0.321 e. The summed E-state index contributed by atoms with van der Waals surface area (Å²) in [6.07, 6.45) is 3.66. The molecule has 0 bridgehead atoms. The maximum atomic E-state index is 5.84. The van der Waals surface area contributed by atoms with Gasteiger partial charge in [0.15, 0.2) is 0 Å². The molecule has 1 aromatic carbocycles. The van der Waals surface area contributed by atoms with Gasteiger partial charge in [0.05, 0.1) is 11.7 Å². The van der Waals surface area contributed by atoms with Gasteiger partial charge in [-0.3, -0.25) is 5.01 Å². The van der Waals surface area contributed by atoms with Gasteiger partial charge in [-0.15, -0.1) is 0 Å². The molecule has 0 saturated carbocycles. The Kier molecular flexibility index (Phi) is 1.60. The maximum absolute atomic E-state index is 5.84. The van der Waals surface area contributed by atoms with Crippen molar-refractivity contribution in [1.29, 1.82) is 0 Å². The van der Waals surface area contributed by atoms with Crippen molar-refractivity contribution in [3.8, 4) is 0 Å². The molecule has 62 valence electrons. The predicted molar refractivity (Wildman–Crippen MR) is 49.2 cm³/mol. The molecule has 1 aromatic rings. The molecule has 2 rings (SSSR count). The van der Waals surface area contributed by atoms with Gasteiger partial charge in [-0.2, -0.15) is 0 Å². The average molecular weight is 161 g/mol. The van der Waals surface area contributed by atoms with Crippen LogP contribution in [-0.4, -0.2) is 0 Å². The first-order chi connectivity index (χ1) is 5.79. The number of para-hydroxylation sites is 1. The van der Waals surface area contributed by atoms with Crippen molar-refractivity contribution in [2.45, 2.75) is 6.04 Å². The lowest BCUT2D eigenvalue weighted by atomic mass is 10.0. The van der Waals surface area contributed by atoms with E-state index in [4.69, 9.17) is 11.6 Å². The Morgan fingerprint density at radius 2 is 2.00 bits per heavy atom. The molecular formula is C9H11N3. The number of nitrogens with two attached hydrogens (primary N) is 2. The van der Waals surface area contributed by atoms with E-state index in [0.29, 0.717) is 0 Å². The van der Waals surface area contributed by atoms with Crippen molar-refractivity contribution in [2.24, 2.45) is 11.6 Å². The number of hydrazine groups is 1. The summed E-state index contributed by atoms with van der Waals surface area (Å²) in [6, 6.07) is 7.83. The lowest BCUT2D eigenvalue weighted by molar-refractivity contribution is 0.860. The molecule has 1 aliphatic rings. The van der Waals surface area contributed by atoms with E-state index in [9.17, 15) is 0 Å². The third-order valence-electron chi connectivity index (χ3n) is 2.03. The van der Waals surface area contributed by atoms with Crippen molar-refractivity contribution in [3.05, 3.63) is 42.1 Å². The van der Waals surface area contributed by atoms with E-state index >= 15 is 0 Å². The molecule has 0 amide bonds. The Balaban J connectivity index is 2.54. The van der Waals surface area contributed by atoms with Crippen LogP contribution in [0.1, 0.15) is 11.6 Å². The molecule has 1 heterocycles. The summed E-state index contributed by atoms with van der Waals surface area (Å²) in [5.74, 6) is 5.70. The first-order valence-electron chi connectivity index (χ1n) is 3.86. The molecule has 3 heteroatoms. The Bertz CT molecular complexity index is 288. The number of rotatable bonds is 0. The maximum Gasteiger partial charge on any atom is 0.0619 e. The van der Waals surface area contributed by atoms with Crippen LogP contribution in [0.5, 0.6) is 0 Å². The molecule has 12 heavy (non-hydrogen) atoms. The van der Waals surface area contributed by atoms with E-state index in [1.54, 1.807) is 11.2 Å². The van der Waals surface area contributed by atoms with Crippen molar-refractivity contribution >= 4 is 5.69 Å². The number of benzene rings is 1. The number of hydrogen-bond acceptors (Lipinski definition) is 3. The molecule has 0 saturated heterocycles. The van der Waals surface area contributed by atoms with E-state index in [-0.39, 0.29) is 6.04 Å². The van der Waals surface area contributed by atoms with Crippen LogP contribution in [0.25, 0.3) is 0 Å². The van der Waals surface area contributed by atoms with Crippen molar-refractivity contribution < 1.29 is 0 Å². The molecule has 1 aliphatic heterocycles. The molecule has 0 aromatic heterocycles. The molecule has 1 unspecified atom stereocenters. The SMILES string of the molecule is NC1C=CN(N)c2ccccc21. The van der Waals surface area contributed by atoms with Crippen LogP contribution in [0.2, 0.25) is 0 Å². The van der Waals surface area contributed by atoms with E-state index in [0.717, 1.165) is 11.3 Å². The second-order valence-electron chi connectivity index (χ2n) is 2.83. The minimum absolute atomic E-state index is 0.0269. The predicted octanol–water partition coefficient (Wildman–Crippen LogP) is 0.894. The van der Waals surface area contributed by atoms with Crippen LogP contribution in [0.15, 0.2) is 36.5 Å². The van der Waals surface area contributed by atoms with E-state index in [2.05, 4.69) is 0 Å². The molecule has 3 nitrogen and oxygen atoms in total. The van der Waals surface area contributed by atoms with Gasteiger partial charge in [-0.1, -0.05) is 18.2 Å². The minimum atomic E-state index is -0.0269. The Labute approximate surface area is 71.2 Å². The van der Waals surface area contributed by atoms with E-state index in [1.165, 1.54) is 0 Å². The van der Waals surface area contributed by atoms with Gasteiger partial charge in [-0.25, -0.2) is 5.84 Å². The van der Waals surface area contributed by atoms with E-state index in [1.807, 2.05) is 30.3 Å². The first kappa shape index (κ1) is 7.34. The molecule has 1 atom stereocenters. The van der Waals surface area contributed by atoms with Crippen molar-refractivity contribution in [3.63, 3.8) is 0 Å². The van der Waals surface area contributed by atoms with Crippen LogP contribution >= 0.6 is 0 Å². The van der Waals surface area contributed by atoms with Gasteiger partial charge in [0.25, 0.3) is 0 Å². The number of hydrogen-bond donors (Lipinski definition) is 2. The second-order valence-corrected chi connectivity index (χ2v) is 2.83. The molecule has 0 radical (unpaired) electrons. The largest absolute Gasteiger partial charge is 0.321 e. The summed E-state index contributed by atoms with van der Waals surface area (Å²) < 4.78 is 0. The zero-order chi connectivity index (χ0) is 8.55. The summed E-state index contributed by atoms with van der Waals surface area (Å²) in [6.45, 7) is 0. The average Bonchev–Trinajstić information content (AvgIpc) is 2.12. The fraction of sp³-hybridized carbons (Fsp3) is 0.111. The van der Waals surface area contributed by atoms with Crippen LogP contribution in [0.3, 0.4) is 0 Å². The second kappa shape index (κ2) is 2.62. The topological polar surface area (TPSA) is 55.3 Å². The summed E-state index contributed by atoms with van der Waals surface area (Å²) in [7, 11) is 0. The fourth-order valence-corrected chi connectivity index (χ4v) is 1.37. The number of anilines is 1. The number of fused-ring (bicyclic) bond motifs is 1. The van der Waals surface area contributed by atoms with Gasteiger partial charge in [-0.05, 0) is 17.7 Å². The van der Waals surface area contributed by atoms with Gasteiger partial charge < -0.3 is 5.73 Å². The van der Waals surface area contributed by atoms with Crippen LogP contribution < -0.4 is 16.6 Å². The summed E-state index contributed by atoms with van der Waals surface area (Å²) in [5.41, 5.74) is 7.89. The highest BCUT2D eigenvalue weighted by Crippen LogP contribution is 2.27. The molecule has 0 aliphatic carbocycles. The van der Waals surface area contributed by atoms with Crippen molar-refractivity contribution in [1.82, 2.24) is 0 Å². The molecule has 0 spiro atoms. The van der Waals surface area contributed by atoms with Crippen LogP contribution in [0.4, 0.5) is 5.69 Å². The standard InChI is InChI=1S/C9H11N3/c10-8-5-6-12(11)9-4-2-1-3-7(8)9/h1-6,8H,10-11H2. The highest BCUT2D eigenvalue weighted by molar-refractivity contribution is 5.59. The van der Waals surface area contributed by atoms with Crippen LogP contribution in [0, 0.1) is 0 Å². The highest BCUT2D eigenvalue weighted by Gasteiger charge is 2.14. The molecular weight excluding hydrogens is 150 g/mol. The number of nitrogens with zero attached hydrogens (tertiary/aromatic N) is 1. The van der Waals surface area contributed by atoms with Gasteiger partial charge in [0, 0.05) is 6.20 Å². The van der Waals surface area contributed by atoms with Gasteiger partial charge in [0.2, 0.25) is 0 Å². The Morgan fingerprint density at radius 1 is 1.25 bits per heavy atom. The monoisotopic (exact) mass is 161 g/mol. The third-order valence-corrected chi connectivity index (χ3v) is 2.03.